The Bertz CT molecular complexity index is 556. The normalized spacial score (nSPS) is 39.2. The van der Waals surface area contributed by atoms with Crippen LogP contribution < -0.4 is 5.32 Å². The SMILES string of the molecule is CCCNC(=O)C1CCN(C(=O)CC23CC4CC(CC(Br)(C4)C2)C3)CC1. The molecule has 2 amide bonds. The maximum Gasteiger partial charge on any atom is 0.223 e. The monoisotopic (exact) mass is 424 g/mol. The zero-order valence-corrected chi connectivity index (χ0v) is 17.7. The lowest BCUT2D eigenvalue weighted by Gasteiger charge is -2.60. The number of amides is 2. The molecule has 1 heterocycles. The molecule has 4 saturated carbocycles. The van der Waals surface area contributed by atoms with E-state index in [0.717, 1.165) is 57.2 Å². The second-order valence-electron chi connectivity index (χ2n) is 9.73. The lowest BCUT2D eigenvalue weighted by atomic mass is 9.48. The molecule has 146 valence electrons. The summed E-state index contributed by atoms with van der Waals surface area (Å²) in [6.07, 6.45) is 11.1. The molecule has 0 aromatic heterocycles. The van der Waals surface area contributed by atoms with Crippen LogP contribution in [0.25, 0.3) is 0 Å². The molecule has 2 atom stereocenters. The van der Waals surface area contributed by atoms with Gasteiger partial charge >= 0.3 is 0 Å². The van der Waals surface area contributed by atoms with Crippen molar-refractivity contribution >= 4 is 27.7 Å². The lowest BCUT2D eigenvalue weighted by Crippen LogP contribution is -2.54. The number of carbonyl (C=O) groups is 2. The van der Waals surface area contributed by atoms with E-state index in [1.807, 2.05) is 4.90 Å². The largest absolute Gasteiger partial charge is 0.356 e. The van der Waals surface area contributed by atoms with Crippen molar-refractivity contribution < 1.29 is 9.59 Å². The fourth-order valence-corrected chi connectivity index (χ4v) is 8.27. The maximum absolute atomic E-state index is 13.0. The van der Waals surface area contributed by atoms with Crippen LogP contribution in [0.1, 0.15) is 71.1 Å². The molecule has 5 rings (SSSR count). The molecule has 0 aromatic carbocycles. The quantitative estimate of drug-likeness (QED) is 0.680. The summed E-state index contributed by atoms with van der Waals surface area (Å²) in [4.78, 5) is 27.2. The van der Waals surface area contributed by atoms with Crippen LogP contribution in [0.15, 0.2) is 0 Å². The number of hydrogen-bond acceptors (Lipinski definition) is 2. The van der Waals surface area contributed by atoms with Crippen LogP contribution in [0.3, 0.4) is 0 Å². The first-order valence-electron chi connectivity index (χ1n) is 10.6. The summed E-state index contributed by atoms with van der Waals surface area (Å²) in [5.41, 5.74) is 0.250. The fourth-order valence-electron chi connectivity index (χ4n) is 6.76. The number of nitrogens with zero attached hydrogens (tertiary/aromatic N) is 1. The first-order chi connectivity index (χ1) is 12.4. The Morgan fingerprint density at radius 1 is 1.12 bits per heavy atom. The molecular formula is C21H33BrN2O2. The molecule has 26 heavy (non-hydrogen) atoms. The molecular weight excluding hydrogens is 392 g/mol. The average molecular weight is 425 g/mol. The summed E-state index contributed by atoms with van der Waals surface area (Å²) in [7, 11) is 0. The van der Waals surface area contributed by atoms with Gasteiger partial charge < -0.3 is 10.2 Å². The predicted octanol–water partition coefficient (Wildman–Crippen LogP) is 3.88. The van der Waals surface area contributed by atoms with Gasteiger partial charge in [0.1, 0.15) is 0 Å². The summed E-state index contributed by atoms with van der Waals surface area (Å²) in [5, 5.41) is 3.01. The van der Waals surface area contributed by atoms with Gasteiger partial charge in [0, 0.05) is 36.3 Å². The Labute approximate surface area is 166 Å². The third-order valence-electron chi connectivity index (χ3n) is 7.40. The van der Waals surface area contributed by atoms with E-state index in [1.165, 1.54) is 38.5 Å². The van der Waals surface area contributed by atoms with E-state index in [9.17, 15) is 9.59 Å². The summed E-state index contributed by atoms with van der Waals surface area (Å²) in [6, 6.07) is 0. The second kappa shape index (κ2) is 7.10. The van der Waals surface area contributed by atoms with Crippen molar-refractivity contribution in [1.82, 2.24) is 10.2 Å². The lowest BCUT2D eigenvalue weighted by molar-refractivity contribution is -0.141. The van der Waals surface area contributed by atoms with E-state index in [1.54, 1.807) is 0 Å². The molecule has 1 saturated heterocycles. The summed E-state index contributed by atoms with van der Waals surface area (Å²) >= 11 is 4.05. The predicted molar refractivity (Wildman–Crippen MR) is 106 cm³/mol. The molecule has 4 nitrogen and oxygen atoms in total. The van der Waals surface area contributed by atoms with E-state index in [-0.39, 0.29) is 17.2 Å². The van der Waals surface area contributed by atoms with Crippen LogP contribution in [-0.2, 0) is 9.59 Å². The Morgan fingerprint density at radius 3 is 2.35 bits per heavy atom. The number of alkyl halides is 1. The number of hydrogen-bond donors (Lipinski definition) is 1. The molecule has 0 aromatic rings. The van der Waals surface area contributed by atoms with Crippen molar-refractivity contribution in [2.24, 2.45) is 23.2 Å². The number of nitrogens with one attached hydrogen (secondary N) is 1. The highest BCUT2D eigenvalue weighted by atomic mass is 79.9. The molecule has 5 aliphatic rings. The van der Waals surface area contributed by atoms with E-state index >= 15 is 0 Å². The topological polar surface area (TPSA) is 49.4 Å². The van der Waals surface area contributed by atoms with Crippen molar-refractivity contribution in [3.63, 3.8) is 0 Å². The number of piperidine rings is 1. The zero-order chi connectivity index (χ0) is 18.4. The van der Waals surface area contributed by atoms with E-state index in [2.05, 4.69) is 28.2 Å². The van der Waals surface area contributed by atoms with Crippen molar-refractivity contribution in [1.29, 1.82) is 0 Å². The first-order valence-corrected chi connectivity index (χ1v) is 11.4. The van der Waals surface area contributed by atoms with Gasteiger partial charge in [0.05, 0.1) is 0 Å². The van der Waals surface area contributed by atoms with Crippen LogP contribution in [0.2, 0.25) is 0 Å². The standard InChI is InChI=1S/C21H33BrN2O2/c1-2-5-23-19(26)17-3-6-24(7-4-17)18(25)13-20-9-15-8-16(10-20)12-21(22,11-15)14-20/h15-17H,2-14H2,1H3,(H,23,26). The minimum atomic E-state index is 0.0935. The molecule has 0 radical (unpaired) electrons. The fraction of sp³-hybridized carbons (Fsp3) is 0.905. The third kappa shape index (κ3) is 3.70. The van der Waals surface area contributed by atoms with Crippen molar-refractivity contribution in [3.05, 3.63) is 0 Å². The van der Waals surface area contributed by atoms with Crippen molar-refractivity contribution in [2.45, 2.75) is 75.5 Å². The molecule has 1 N–H and O–H groups in total. The Morgan fingerprint density at radius 2 is 1.77 bits per heavy atom. The number of likely N-dealkylation sites (tertiary alicyclic amines) is 1. The van der Waals surface area contributed by atoms with Gasteiger partial charge in [0.15, 0.2) is 0 Å². The third-order valence-corrected chi connectivity index (χ3v) is 8.33. The average Bonchev–Trinajstić information content (AvgIpc) is 2.57. The number of halogens is 1. The summed E-state index contributed by atoms with van der Waals surface area (Å²) in [6.45, 7) is 4.34. The highest BCUT2D eigenvalue weighted by Gasteiger charge is 2.57. The summed E-state index contributed by atoms with van der Waals surface area (Å²) in [5.74, 6) is 2.28. The molecule has 5 fully saturated rings. The smallest absolute Gasteiger partial charge is 0.223 e. The van der Waals surface area contributed by atoms with Gasteiger partial charge in [-0.2, -0.15) is 0 Å². The Kier molecular flexibility index (Phi) is 5.13. The van der Waals surface area contributed by atoms with E-state index in [4.69, 9.17) is 0 Å². The van der Waals surface area contributed by atoms with Gasteiger partial charge in [0.2, 0.25) is 11.8 Å². The first kappa shape index (κ1) is 18.8. The van der Waals surface area contributed by atoms with Crippen LogP contribution in [-0.4, -0.2) is 40.7 Å². The zero-order valence-electron chi connectivity index (χ0n) is 16.1. The van der Waals surface area contributed by atoms with Crippen LogP contribution in [0, 0.1) is 23.2 Å². The van der Waals surface area contributed by atoms with E-state index in [0.29, 0.717) is 10.2 Å². The number of carbonyl (C=O) groups excluding carboxylic acids is 2. The minimum absolute atomic E-state index is 0.0935. The van der Waals surface area contributed by atoms with Crippen LogP contribution in [0.5, 0.6) is 0 Å². The van der Waals surface area contributed by atoms with Crippen molar-refractivity contribution in [3.8, 4) is 0 Å². The highest BCUT2D eigenvalue weighted by molar-refractivity contribution is 9.10. The Hall–Kier alpha value is -0.580. The van der Waals surface area contributed by atoms with Crippen LogP contribution >= 0.6 is 15.9 Å². The molecule has 2 unspecified atom stereocenters. The van der Waals surface area contributed by atoms with Crippen LogP contribution in [0.4, 0.5) is 0 Å². The van der Waals surface area contributed by atoms with Gasteiger partial charge in [-0.1, -0.05) is 22.9 Å². The molecule has 5 heteroatoms. The molecule has 4 bridgehead atoms. The summed E-state index contributed by atoms with van der Waals surface area (Å²) < 4.78 is 0.321. The molecule has 4 aliphatic carbocycles. The second-order valence-corrected chi connectivity index (χ2v) is 11.4. The Balaban J connectivity index is 1.32. The van der Waals surface area contributed by atoms with Gasteiger partial charge in [0.25, 0.3) is 0 Å². The van der Waals surface area contributed by atoms with Gasteiger partial charge in [-0.25, -0.2) is 0 Å². The van der Waals surface area contributed by atoms with Gasteiger partial charge in [-0.15, -0.1) is 0 Å². The van der Waals surface area contributed by atoms with Crippen molar-refractivity contribution in [2.75, 3.05) is 19.6 Å². The maximum atomic E-state index is 13.0. The molecule has 1 aliphatic heterocycles. The van der Waals surface area contributed by atoms with Gasteiger partial charge in [-0.3, -0.25) is 9.59 Å². The molecule has 0 spiro atoms. The minimum Gasteiger partial charge on any atom is -0.356 e. The van der Waals surface area contributed by atoms with Gasteiger partial charge in [-0.05, 0) is 75.0 Å². The number of rotatable bonds is 5. The van der Waals surface area contributed by atoms with E-state index < -0.39 is 0 Å². The highest BCUT2D eigenvalue weighted by Crippen LogP contribution is 2.65.